The van der Waals surface area contributed by atoms with Crippen LogP contribution in [0.2, 0.25) is 0 Å². The van der Waals surface area contributed by atoms with Crippen molar-refractivity contribution in [3.63, 3.8) is 0 Å². The van der Waals surface area contributed by atoms with Crippen molar-refractivity contribution in [3.8, 4) is 0 Å². The summed E-state index contributed by atoms with van der Waals surface area (Å²) in [6.45, 7) is 4.63. The molecule has 2 N–H and O–H groups in total. The van der Waals surface area contributed by atoms with Gasteiger partial charge in [-0.25, -0.2) is 14.7 Å². The van der Waals surface area contributed by atoms with Gasteiger partial charge in [-0.1, -0.05) is 42.5 Å². The molecule has 32 heavy (non-hydrogen) atoms. The highest BCUT2D eigenvalue weighted by molar-refractivity contribution is 14.0. The number of guanidine groups is 1. The van der Waals surface area contributed by atoms with Crippen molar-refractivity contribution >= 4 is 41.5 Å². The van der Waals surface area contributed by atoms with E-state index in [9.17, 15) is 4.79 Å². The van der Waals surface area contributed by atoms with E-state index in [1.54, 1.807) is 11.0 Å². The van der Waals surface area contributed by atoms with E-state index in [0.29, 0.717) is 26.1 Å². The summed E-state index contributed by atoms with van der Waals surface area (Å²) in [5.74, 6) is 0.845. The Kier molecular flexibility index (Phi) is 8.60. The number of amides is 1. The SMILES string of the molecule is CCNC(=NCc1cccc(Cn2cncn2)c1)NC1CC(=O)N(c2ccccc2)C1.I. The van der Waals surface area contributed by atoms with Crippen LogP contribution in [0.25, 0.3) is 0 Å². The van der Waals surface area contributed by atoms with Crippen LogP contribution < -0.4 is 15.5 Å². The Bertz CT molecular complexity index is 1020. The standard InChI is InChI=1S/C23H27N7O.HI/c1-2-25-23(28-20-12-22(31)30(15-20)21-9-4-3-5-10-21)26-13-18-7-6-8-19(11-18)14-29-17-24-16-27-29;/h3-11,16-17,20H,2,12-15H2,1H3,(H2,25,26,28);1H. The molecule has 168 valence electrons. The minimum absolute atomic E-state index is 0. The van der Waals surface area contributed by atoms with E-state index in [-0.39, 0.29) is 35.9 Å². The first-order valence-corrected chi connectivity index (χ1v) is 10.5. The van der Waals surface area contributed by atoms with Crippen molar-refractivity contribution in [1.82, 2.24) is 25.4 Å². The first-order chi connectivity index (χ1) is 15.2. The molecule has 1 aromatic heterocycles. The third-order valence-electron chi connectivity index (χ3n) is 5.10. The third kappa shape index (κ3) is 6.28. The Labute approximate surface area is 205 Å². The molecular formula is C23H28IN7O. The Hall–Kier alpha value is -2.95. The minimum Gasteiger partial charge on any atom is -0.357 e. The molecule has 2 heterocycles. The fourth-order valence-corrected chi connectivity index (χ4v) is 3.67. The lowest BCUT2D eigenvalue weighted by atomic mass is 10.1. The van der Waals surface area contributed by atoms with E-state index in [2.05, 4.69) is 38.9 Å². The number of rotatable bonds is 7. The average Bonchev–Trinajstić information content (AvgIpc) is 3.42. The number of nitrogens with zero attached hydrogens (tertiary/aromatic N) is 5. The molecular weight excluding hydrogens is 517 g/mol. The molecule has 0 radical (unpaired) electrons. The molecule has 0 saturated carbocycles. The van der Waals surface area contributed by atoms with Gasteiger partial charge in [0.2, 0.25) is 5.91 Å². The Morgan fingerprint density at radius 1 is 1.16 bits per heavy atom. The number of hydrogen-bond acceptors (Lipinski definition) is 4. The van der Waals surface area contributed by atoms with E-state index in [1.807, 2.05) is 48.2 Å². The summed E-state index contributed by atoms with van der Waals surface area (Å²) in [4.78, 5) is 23.0. The van der Waals surface area contributed by atoms with Gasteiger partial charge in [0, 0.05) is 25.2 Å². The van der Waals surface area contributed by atoms with Gasteiger partial charge in [0.1, 0.15) is 12.7 Å². The molecule has 1 aliphatic heterocycles. The van der Waals surface area contributed by atoms with E-state index in [1.165, 1.54) is 6.33 Å². The number of hydrogen-bond donors (Lipinski definition) is 2. The Balaban J connectivity index is 0.00000289. The number of nitrogens with one attached hydrogen (secondary N) is 2. The monoisotopic (exact) mass is 545 g/mol. The summed E-state index contributed by atoms with van der Waals surface area (Å²) < 4.78 is 1.80. The predicted octanol–water partition coefficient (Wildman–Crippen LogP) is 2.81. The summed E-state index contributed by atoms with van der Waals surface area (Å²) in [6.07, 6.45) is 3.70. The molecule has 0 spiro atoms. The lowest BCUT2D eigenvalue weighted by molar-refractivity contribution is -0.117. The molecule has 1 amide bonds. The molecule has 1 aliphatic rings. The van der Waals surface area contributed by atoms with Crippen LogP contribution >= 0.6 is 24.0 Å². The molecule has 1 saturated heterocycles. The van der Waals surface area contributed by atoms with Crippen molar-refractivity contribution in [2.24, 2.45) is 4.99 Å². The quantitative estimate of drug-likeness (QED) is 0.271. The molecule has 1 fully saturated rings. The highest BCUT2D eigenvalue weighted by Gasteiger charge is 2.31. The van der Waals surface area contributed by atoms with Crippen LogP contribution in [-0.4, -0.2) is 45.8 Å². The van der Waals surface area contributed by atoms with Gasteiger partial charge in [-0.05, 0) is 30.2 Å². The number of aromatic nitrogens is 3. The number of aliphatic imine (C=N–C) groups is 1. The maximum atomic E-state index is 12.5. The second-order valence-corrected chi connectivity index (χ2v) is 7.49. The third-order valence-corrected chi connectivity index (χ3v) is 5.10. The molecule has 3 aromatic rings. The molecule has 1 unspecified atom stereocenters. The number of halogens is 1. The van der Waals surface area contributed by atoms with Crippen LogP contribution in [0.1, 0.15) is 24.5 Å². The number of benzene rings is 2. The normalized spacial score (nSPS) is 16.0. The van der Waals surface area contributed by atoms with E-state index in [0.717, 1.165) is 29.3 Å². The summed E-state index contributed by atoms with van der Waals surface area (Å²) in [5.41, 5.74) is 3.20. The zero-order valence-corrected chi connectivity index (χ0v) is 20.3. The predicted molar refractivity (Wildman–Crippen MR) is 136 cm³/mol. The van der Waals surface area contributed by atoms with Gasteiger partial charge < -0.3 is 15.5 Å². The number of para-hydroxylation sites is 1. The first-order valence-electron chi connectivity index (χ1n) is 10.5. The lowest BCUT2D eigenvalue weighted by Gasteiger charge is -2.19. The second kappa shape index (κ2) is 11.6. The lowest BCUT2D eigenvalue weighted by Crippen LogP contribution is -2.44. The topological polar surface area (TPSA) is 87.4 Å². The van der Waals surface area contributed by atoms with Crippen molar-refractivity contribution in [2.45, 2.75) is 32.5 Å². The van der Waals surface area contributed by atoms with Gasteiger partial charge >= 0.3 is 0 Å². The number of carbonyl (C=O) groups is 1. The maximum Gasteiger partial charge on any atom is 0.229 e. The van der Waals surface area contributed by atoms with E-state index >= 15 is 0 Å². The van der Waals surface area contributed by atoms with Crippen LogP contribution in [0, 0.1) is 0 Å². The van der Waals surface area contributed by atoms with Crippen molar-refractivity contribution < 1.29 is 4.79 Å². The van der Waals surface area contributed by atoms with Crippen LogP contribution in [0.15, 0.2) is 72.2 Å². The van der Waals surface area contributed by atoms with Gasteiger partial charge in [-0.2, -0.15) is 5.10 Å². The number of carbonyl (C=O) groups excluding carboxylic acids is 1. The second-order valence-electron chi connectivity index (χ2n) is 7.49. The molecule has 8 nitrogen and oxygen atoms in total. The minimum atomic E-state index is 0. The summed E-state index contributed by atoms with van der Waals surface area (Å²) in [5, 5.41) is 10.9. The highest BCUT2D eigenvalue weighted by atomic mass is 127. The van der Waals surface area contributed by atoms with Crippen molar-refractivity contribution in [3.05, 3.63) is 78.4 Å². The van der Waals surface area contributed by atoms with E-state index < -0.39 is 0 Å². The van der Waals surface area contributed by atoms with Gasteiger partial charge in [-0.3, -0.25) is 4.79 Å². The maximum absolute atomic E-state index is 12.5. The zero-order chi connectivity index (χ0) is 21.5. The Morgan fingerprint density at radius 3 is 2.72 bits per heavy atom. The molecule has 0 bridgehead atoms. The van der Waals surface area contributed by atoms with Crippen LogP contribution in [-0.2, 0) is 17.9 Å². The van der Waals surface area contributed by atoms with E-state index in [4.69, 9.17) is 4.99 Å². The summed E-state index contributed by atoms with van der Waals surface area (Å²) in [7, 11) is 0. The van der Waals surface area contributed by atoms with Crippen LogP contribution in [0.3, 0.4) is 0 Å². The molecule has 2 aromatic carbocycles. The fraction of sp³-hybridized carbons (Fsp3) is 0.304. The average molecular weight is 545 g/mol. The fourth-order valence-electron chi connectivity index (χ4n) is 3.67. The molecule has 1 atom stereocenters. The highest BCUT2D eigenvalue weighted by Crippen LogP contribution is 2.21. The zero-order valence-electron chi connectivity index (χ0n) is 18.0. The van der Waals surface area contributed by atoms with Crippen LogP contribution in [0.5, 0.6) is 0 Å². The van der Waals surface area contributed by atoms with Gasteiger partial charge in [0.05, 0.1) is 19.1 Å². The number of anilines is 1. The largest absolute Gasteiger partial charge is 0.357 e. The summed E-state index contributed by atoms with van der Waals surface area (Å²) >= 11 is 0. The summed E-state index contributed by atoms with van der Waals surface area (Å²) in [6, 6.07) is 18.1. The van der Waals surface area contributed by atoms with Crippen molar-refractivity contribution in [2.75, 3.05) is 18.0 Å². The molecule has 9 heteroatoms. The first kappa shape index (κ1) is 23.7. The van der Waals surface area contributed by atoms with Gasteiger partial charge in [0.15, 0.2) is 5.96 Å². The van der Waals surface area contributed by atoms with Gasteiger partial charge in [0.25, 0.3) is 0 Å². The van der Waals surface area contributed by atoms with Gasteiger partial charge in [-0.15, -0.1) is 24.0 Å². The van der Waals surface area contributed by atoms with Crippen molar-refractivity contribution in [1.29, 1.82) is 0 Å². The molecule has 4 rings (SSSR count). The smallest absolute Gasteiger partial charge is 0.229 e. The Morgan fingerprint density at radius 2 is 1.97 bits per heavy atom. The molecule has 0 aliphatic carbocycles. The van der Waals surface area contributed by atoms with Crippen LogP contribution in [0.4, 0.5) is 5.69 Å².